The molecule has 0 spiro atoms. The zero-order chi connectivity index (χ0) is 24.5. The number of nitrogens with zero attached hydrogens (tertiary/aromatic N) is 4. The van der Waals surface area contributed by atoms with Crippen molar-refractivity contribution >= 4 is 63.9 Å². The third-order valence-electron chi connectivity index (χ3n) is 6.01. The predicted octanol–water partition coefficient (Wildman–Crippen LogP) is 5.04. The third kappa shape index (κ3) is 4.73. The standard InChI is InChI=1S/C24H24Cl2N6O2S/c1-14-11-27-8-9-31(14)19-7-6-15(10-20(19)34-2)29-24-28-12-16-22(30-24)35-13-32(23(16)33)21-17(25)4-3-5-18(21)26/h3-7,10,12,14,27H,8-9,11,13H2,1-2H3,(H,28,29,30)/t14-/m1/s1. The molecule has 0 unspecified atom stereocenters. The minimum absolute atomic E-state index is 0.239. The third-order valence-corrected chi connectivity index (χ3v) is 7.60. The van der Waals surface area contributed by atoms with E-state index in [1.54, 1.807) is 30.2 Å². The van der Waals surface area contributed by atoms with Crippen molar-refractivity contribution in [3.05, 3.63) is 58.2 Å². The molecule has 0 radical (unpaired) electrons. The maximum Gasteiger partial charge on any atom is 0.263 e. The maximum atomic E-state index is 13.2. The van der Waals surface area contributed by atoms with E-state index in [-0.39, 0.29) is 5.91 Å². The molecule has 182 valence electrons. The number of fused-ring (bicyclic) bond motifs is 1. The summed E-state index contributed by atoms with van der Waals surface area (Å²) in [5.41, 5.74) is 2.75. The number of carbonyl (C=O) groups excluding carboxylic acids is 1. The topological polar surface area (TPSA) is 82.6 Å². The summed E-state index contributed by atoms with van der Waals surface area (Å²) >= 11 is 14.1. The quantitative estimate of drug-likeness (QED) is 0.443. The zero-order valence-electron chi connectivity index (χ0n) is 19.2. The monoisotopic (exact) mass is 530 g/mol. The van der Waals surface area contributed by atoms with E-state index in [4.69, 9.17) is 27.9 Å². The van der Waals surface area contributed by atoms with Gasteiger partial charge in [-0.15, -0.1) is 0 Å². The number of piperazine rings is 1. The summed E-state index contributed by atoms with van der Waals surface area (Å²) in [6, 6.07) is 11.5. The minimum Gasteiger partial charge on any atom is -0.495 e. The van der Waals surface area contributed by atoms with Crippen molar-refractivity contribution in [3.63, 3.8) is 0 Å². The molecular formula is C24H24Cl2N6O2S. The van der Waals surface area contributed by atoms with Crippen molar-refractivity contribution in [1.29, 1.82) is 0 Å². The predicted molar refractivity (Wildman–Crippen MR) is 142 cm³/mol. The van der Waals surface area contributed by atoms with Crippen LogP contribution in [0.5, 0.6) is 5.75 Å². The number of aromatic nitrogens is 2. The fourth-order valence-electron chi connectivity index (χ4n) is 4.25. The molecular weight excluding hydrogens is 507 g/mol. The lowest BCUT2D eigenvalue weighted by Gasteiger charge is -2.36. The second-order valence-electron chi connectivity index (χ2n) is 8.25. The van der Waals surface area contributed by atoms with Gasteiger partial charge in [0.2, 0.25) is 5.95 Å². The van der Waals surface area contributed by atoms with Gasteiger partial charge in [0.15, 0.2) is 0 Å². The highest BCUT2D eigenvalue weighted by Gasteiger charge is 2.30. The smallest absolute Gasteiger partial charge is 0.263 e. The van der Waals surface area contributed by atoms with Crippen molar-refractivity contribution in [1.82, 2.24) is 15.3 Å². The van der Waals surface area contributed by atoms with Crippen molar-refractivity contribution in [2.45, 2.75) is 18.0 Å². The molecule has 2 N–H and O–H groups in total. The molecule has 35 heavy (non-hydrogen) atoms. The zero-order valence-corrected chi connectivity index (χ0v) is 21.5. The van der Waals surface area contributed by atoms with Gasteiger partial charge in [-0.05, 0) is 31.2 Å². The number of methoxy groups -OCH3 is 1. The molecule has 1 atom stereocenters. The number of ether oxygens (including phenoxy) is 1. The second-order valence-corrected chi connectivity index (χ2v) is 10.00. The van der Waals surface area contributed by atoms with Crippen LogP contribution in [0.1, 0.15) is 17.3 Å². The lowest BCUT2D eigenvalue weighted by Crippen LogP contribution is -2.50. The number of amides is 1. The van der Waals surface area contributed by atoms with E-state index in [0.717, 1.165) is 36.8 Å². The summed E-state index contributed by atoms with van der Waals surface area (Å²) in [6.07, 6.45) is 1.53. The van der Waals surface area contributed by atoms with Crippen LogP contribution in [0.2, 0.25) is 10.0 Å². The van der Waals surface area contributed by atoms with E-state index in [0.29, 0.717) is 44.2 Å². The molecule has 2 aliphatic heterocycles. The van der Waals surface area contributed by atoms with Crippen LogP contribution < -0.4 is 25.2 Å². The Morgan fingerprint density at radius 3 is 2.77 bits per heavy atom. The van der Waals surface area contributed by atoms with Crippen LogP contribution in [0.25, 0.3) is 0 Å². The summed E-state index contributed by atoms with van der Waals surface area (Å²) in [5.74, 6) is 1.28. The highest BCUT2D eigenvalue weighted by molar-refractivity contribution is 7.99. The highest BCUT2D eigenvalue weighted by atomic mass is 35.5. The average molecular weight is 531 g/mol. The van der Waals surface area contributed by atoms with Gasteiger partial charge in [0, 0.05) is 43.6 Å². The number of hydrogen-bond donors (Lipinski definition) is 2. The number of nitrogens with one attached hydrogen (secondary N) is 2. The molecule has 3 heterocycles. The van der Waals surface area contributed by atoms with Crippen LogP contribution in [0.15, 0.2) is 47.6 Å². The first-order chi connectivity index (χ1) is 17.0. The summed E-state index contributed by atoms with van der Waals surface area (Å²) in [5, 5.41) is 8.08. The Morgan fingerprint density at radius 1 is 1.23 bits per heavy atom. The Hall–Kier alpha value is -2.72. The van der Waals surface area contributed by atoms with Crippen LogP contribution in [0.3, 0.4) is 0 Å². The van der Waals surface area contributed by atoms with Gasteiger partial charge in [0.1, 0.15) is 10.8 Å². The molecule has 0 bridgehead atoms. The summed E-state index contributed by atoms with van der Waals surface area (Å²) in [6.45, 7) is 4.98. The average Bonchev–Trinajstić information content (AvgIpc) is 2.85. The molecule has 11 heteroatoms. The number of rotatable bonds is 5. The first kappa shape index (κ1) is 24.0. The Balaban J connectivity index is 1.36. The number of carbonyl (C=O) groups is 1. The number of benzene rings is 2. The second kappa shape index (κ2) is 10.1. The molecule has 3 aromatic rings. The van der Waals surface area contributed by atoms with Crippen molar-refractivity contribution < 1.29 is 9.53 Å². The highest BCUT2D eigenvalue weighted by Crippen LogP contribution is 2.40. The van der Waals surface area contributed by atoms with E-state index in [1.807, 2.05) is 18.2 Å². The Morgan fingerprint density at radius 2 is 2.03 bits per heavy atom. The first-order valence-electron chi connectivity index (χ1n) is 11.1. The molecule has 0 aliphatic carbocycles. The Bertz CT molecular complexity index is 1260. The largest absolute Gasteiger partial charge is 0.495 e. The van der Waals surface area contributed by atoms with Gasteiger partial charge in [-0.2, -0.15) is 0 Å². The van der Waals surface area contributed by atoms with E-state index in [9.17, 15) is 4.79 Å². The number of thioether (sulfide) groups is 1. The summed E-state index contributed by atoms with van der Waals surface area (Å²) in [7, 11) is 1.67. The molecule has 1 amide bonds. The van der Waals surface area contributed by atoms with Gasteiger partial charge in [-0.25, -0.2) is 9.97 Å². The minimum atomic E-state index is -0.239. The fraction of sp³-hybridized carbons (Fsp3) is 0.292. The van der Waals surface area contributed by atoms with Gasteiger partial charge >= 0.3 is 0 Å². The number of halogens is 2. The van der Waals surface area contributed by atoms with Crippen molar-refractivity contribution in [2.24, 2.45) is 0 Å². The van der Waals surface area contributed by atoms with Gasteiger partial charge < -0.3 is 20.3 Å². The van der Waals surface area contributed by atoms with Gasteiger partial charge in [0.05, 0.1) is 40.0 Å². The van der Waals surface area contributed by atoms with Gasteiger partial charge in [0.25, 0.3) is 5.91 Å². The molecule has 2 aliphatic rings. The van der Waals surface area contributed by atoms with Crippen LogP contribution in [-0.2, 0) is 0 Å². The van der Waals surface area contributed by atoms with Crippen LogP contribution in [0, 0.1) is 0 Å². The summed E-state index contributed by atoms with van der Waals surface area (Å²) in [4.78, 5) is 26.0. The van der Waals surface area contributed by atoms with E-state index in [2.05, 4.69) is 32.4 Å². The van der Waals surface area contributed by atoms with Crippen LogP contribution in [0.4, 0.5) is 23.0 Å². The van der Waals surface area contributed by atoms with E-state index in [1.165, 1.54) is 18.0 Å². The molecule has 1 saturated heterocycles. The normalized spacial score (nSPS) is 17.8. The van der Waals surface area contributed by atoms with Gasteiger partial charge in [-0.1, -0.05) is 41.0 Å². The first-order valence-corrected chi connectivity index (χ1v) is 12.9. The number of anilines is 4. The lowest BCUT2D eigenvalue weighted by atomic mass is 10.1. The van der Waals surface area contributed by atoms with Crippen molar-refractivity contribution in [3.8, 4) is 5.75 Å². The molecule has 5 rings (SSSR count). The molecule has 1 aromatic heterocycles. The maximum absolute atomic E-state index is 13.2. The SMILES string of the molecule is COc1cc(Nc2ncc3c(n2)SCN(c2c(Cl)cccc2Cl)C3=O)ccc1N1CCNC[C@H]1C. The van der Waals surface area contributed by atoms with Gasteiger partial charge in [-0.3, -0.25) is 9.69 Å². The fourth-order valence-corrected chi connectivity index (χ4v) is 5.79. The lowest BCUT2D eigenvalue weighted by molar-refractivity contribution is 0.0985. The van der Waals surface area contributed by atoms with Crippen molar-refractivity contribution in [2.75, 3.05) is 47.7 Å². The Labute approximate surface area is 218 Å². The molecule has 1 fully saturated rings. The Kier molecular flexibility index (Phi) is 6.93. The number of para-hydroxylation sites is 1. The number of hydrogen-bond acceptors (Lipinski definition) is 8. The molecule has 2 aromatic carbocycles. The van der Waals surface area contributed by atoms with Crippen LogP contribution >= 0.6 is 35.0 Å². The molecule has 0 saturated carbocycles. The van der Waals surface area contributed by atoms with E-state index >= 15 is 0 Å². The molecule has 8 nitrogen and oxygen atoms in total. The van der Waals surface area contributed by atoms with Crippen LogP contribution in [-0.4, -0.2) is 54.5 Å². The van der Waals surface area contributed by atoms with E-state index < -0.39 is 0 Å². The summed E-state index contributed by atoms with van der Waals surface area (Å²) < 4.78 is 5.68.